The Morgan fingerprint density at radius 3 is 2.00 bits per heavy atom. The quantitative estimate of drug-likeness (QED) is 0.435. The Balaban J connectivity index is 0. The van der Waals surface area contributed by atoms with Gasteiger partial charge in [-0.05, 0) is 0 Å². The molecule has 6 N–H and O–H groups in total. The largest absolute Gasteiger partial charge is 0.550 e. The van der Waals surface area contributed by atoms with Gasteiger partial charge in [-0.1, -0.05) is 0 Å². The average Bonchev–Trinajstić information content (AvgIpc) is 1.65. The summed E-state index contributed by atoms with van der Waals surface area (Å²) in [7, 11) is 0. The van der Waals surface area contributed by atoms with Gasteiger partial charge >= 0.3 is 0 Å². The van der Waals surface area contributed by atoms with Gasteiger partial charge in [0.05, 0.1) is 6.54 Å². The van der Waals surface area contributed by atoms with E-state index in [-0.39, 0.29) is 12.7 Å². The molecule has 54 valence electrons. The Hall–Kier alpha value is -0.940. The first-order valence-corrected chi connectivity index (χ1v) is 2.08. The maximum absolute atomic E-state index is 10.1. The second-order valence-corrected chi connectivity index (χ2v) is 1.29. The molecule has 0 amide bonds. The zero-order chi connectivity index (χ0) is 6.57. The van der Waals surface area contributed by atoms with Gasteiger partial charge < -0.3 is 21.8 Å². The number of aliphatic carboxylic acids is 1. The van der Waals surface area contributed by atoms with Crippen molar-refractivity contribution in [2.75, 3.05) is 6.54 Å². The number of carbonyl (C=O) groups excluding carboxylic acids is 2. The summed E-state index contributed by atoms with van der Waals surface area (Å²) in [6, 6.07) is 0. The number of ketones is 1. The van der Waals surface area contributed by atoms with Crippen LogP contribution < -0.4 is 17.0 Å². The maximum Gasteiger partial charge on any atom is 0.151 e. The monoisotopic (exact) mass is 134 g/mol. The van der Waals surface area contributed by atoms with Gasteiger partial charge in [-0.3, -0.25) is 4.79 Å². The van der Waals surface area contributed by atoms with Crippen LogP contribution in [0.4, 0.5) is 0 Å². The summed E-state index contributed by atoms with van der Waals surface area (Å²) in [5.74, 6) is -1.88. The number of rotatable bonds is 3. The summed E-state index contributed by atoms with van der Waals surface area (Å²) in [5, 5.41) is 9.58. The van der Waals surface area contributed by atoms with Crippen molar-refractivity contribution in [1.29, 1.82) is 0 Å². The molecule has 0 saturated heterocycles. The molecular formula is C4H10N2O3. The van der Waals surface area contributed by atoms with Crippen LogP contribution in [0.3, 0.4) is 0 Å². The van der Waals surface area contributed by atoms with E-state index in [9.17, 15) is 14.7 Å². The van der Waals surface area contributed by atoms with Gasteiger partial charge in [0.25, 0.3) is 0 Å². The molecule has 0 saturated carbocycles. The highest BCUT2D eigenvalue weighted by Crippen LogP contribution is 1.74. The van der Waals surface area contributed by atoms with Crippen LogP contribution in [-0.4, -0.2) is 18.3 Å². The highest BCUT2D eigenvalue weighted by molar-refractivity contribution is 5.94. The van der Waals surface area contributed by atoms with E-state index in [1.807, 2.05) is 0 Å². The normalized spacial score (nSPS) is 7.67. The molecule has 0 unspecified atom stereocenters. The minimum atomic E-state index is -1.37. The SMILES string of the molecule is NCC(=O)CC(=O)[O-].[NH4+]. The lowest BCUT2D eigenvalue weighted by molar-refractivity contribution is -0.304. The van der Waals surface area contributed by atoms with Crippen LogP contribution in [0.15, 0.2) is 0 Å². The van der Waals surface area contributed by atoms with Crippen LogP contribution in [0.1, 0.15) is 6.42 Å². The number of hydrogen-bond acceptors (Lipinski definition) is 4. The number of carboxylic acid groups (broad SMARTS) is 1. The Labute approximate surface area is 52.4 Å². The molecule has 5 heteroatoms. The van der Waals surface area contributed by atoms with E-state index in [1.54, 1.807) is 0 Å². The summed E-state index contributed by atoms with van der Waals surface area (Å²) < 4.78 is 0. The Kier molecular flexibility index (Phi) is 6.32. The lowest BCUT2D eigenvalue weighted by Crippen LogP contribution is -2.28. The molecule has 0 atom stereocenters. The molecule has 0 radical (unpaired) electrons. The zero-order valence-corrected chi connectivity index (χ0v) is 5.22. The van der Waals surface area contributed by atoms with Crippen molar-refractivity contribution in [2.45, 2.75) is 6.42 Å². The van der Waals surface area contributed by atoms with E-state index >= 15 is 0 Å². The van der Waals surface area contributed by atoms with Crippen LogP contribution in [0, 0.1) is 0 Å². The van der Waals surface area contributed by atoms with Crippen LogP contribution in [0.5, 0.6) is 0 Å². The zero-order valence-electron chi connectivity index (χ0n) is 5.22. The third kappa shape index (κ3) is 7.06. The fourth-order valence-corrected chi connectivity index (χ4v) is 0.233. The van der Waals surface area contributed by atoms with Gasteiger partial charge in [-0.25, -0.2) is 0 Å². The Morgan fingerprint density at radius 1 is 1.44 bits per heavy atom. The van der Waals surface area contributed by atoms with E-state index < -0.39 is 18.2 Å². The molecule has 0 spiro atoms. The minimum absolute atomic E-state index is 0. The van der Waals surface area contributed by atoms with Crippen LogP contribution in [0.25, 0.3) is 0 Å². The number of carboxylic acids is 1. The van der Waals surface area contributed by atoms with E-state index in [4.69, 9.17) is 5.73 Å². The van der Waals surface area contributed by atoms with Crippen LogP contribution in [-0.2, 0) is 9.59 Å². The molecule has 0 heterocycles. The van der Waals surface area contributed by atoms with Crippen molar-refractivity contribution in [2.24, 2.45) is 5.73 Å². The van der Waals surface area contributed by atoms with Crippen molar-refractivity contribution in [1.82, 2.24) is 6.15 Å². The first-order valence-electron chi connectivity index (χ1n) is 2.08. The van der Waals surface area contributed by atoms with E-state index in [2.05, 4.69) is 0 Å². The summed E-state index contributed by atoms with van der Waals surface area (Å²) >= 11 is 0. The molecule has 0 aromatic carbocycles. The molecule has 0 aliphatic rings. The minimum Gasteiger partial charge on any atom is -0.550 e. The lowest BCUT2D eigenvalue weighted by atomic mass is 10.3. The first kappa shape index (κ1) is 10.9. The number of quaternary nitrogens is 1. The molecular weight excluding hydrogens is 124 g/mol. The second-order valence-electron chi connectivity index (χ2n) is 1.29. The van der Waals surface area contributed by atoms with Crippen molar-refractivity contribution in [3.05, 3.63) is 0 Å². The fraction of sp³-hybridized carbons (Fsp3) is 0.500. The molecule has 5 nitrogen and oxygen atoms in total. The fourth-order valence-electron chi connectivity index (χ4n) is 0.233. The third-order valence-electron chi connectivity index (χ3n) is 0.569. The van der Waals surface area contributed by atoms with Crippen molar-refractivity contribution >= 4 is 11.8 Å². The van der Waals surface area contributed by atoms with Gasteiger partial charge in [0.15, 0.2) is 5.78 Å². The summed E-state index contributed by atoms with van der Waals surface area (Å²) in [5.41, 5.74) is 4.78. The number of hydrogen-bond donors (Lipinski definition) is 2. The first-order chi connectivity index (χ1) is 3.66. The lowest BCUT2D eigenvalue weighted by Gasteiger charge is -1.95. The summed E-state index contributed by atoms with van der Waals surface area (Å²) in [4.78, 5) is 19.7. The van der Waals surface area contributed by atoms with Gasteiger partial charge in [-0.2, -0.15) is 0 Å². The highest BCUT2D eigenvalue weighted by atomic mass is 16.4. The predicted molar refractivity (Wildman–Crippen MR) is 29.7 cm³/mol. The van der Waals surface area contributed by atoms with Gasteiger partial charge in [0.1, 0.15) is 0 Å². The van der Waals surface area contributed by atoms with Crippen LogP contribution in [0.2, 0.25) is 0 Å². The van der Waals surface area contributed by atoms with Gasteiger partial charge in [0.2, 0.25) is 0 Å². The van der Waals surface area contributed by atoms with Crippen molar-refractivity contribution in [3.63, 3.8) is 0 Å². The molecule has 0 aromatic heterocycles. The molecule has 0 aliphatic heterocycles. The smallest absolute Gasteiger partial charge is 0.151 e. The molecule has 0 aliphatic carbocycles. The maximum atomic E-state index is 10.1. The molecule has 9 heavy (non-hydrogen) atoms. The highest BCUT2D eigenvalue weighted by Gasteiger charge is 1.95. The van der Waals surface area contributed by atoms with Gasteiger partial charge in [-0.15, -0.1) is 0 Å². The van der Waals surface area contributed by atoms with Crippen LogP contribution >= 0.6 is 0 Å². The second kappa shape index (κ2) is 5.20. The number of Topliss-reactive ketones (excluding diaryl/α,β-unsaturated/α-hetero) is 1. The molecule has 0 fully saturated rings. The molecule has 0 aromatic rings. The average molecular weight is 134 g/mol. The Bertz CT molecular complexity index is 112. The Morgan fingerprint density at radius 2 is 1.89 bits per heavy atom. The third-order valence-corrected chi connectivity index (χ3v) is 0.569. The van der Waals surface area contributed by atoms with Crippen molar-refractivity contribution in [3.8, 4) is 0 Å². The molecule has 0 rings (SSSR count). The van der Waals surface area contributed by atoms with E-state index in [0.29, 0.717) is 0 Å². The van der Waals surface area contributed by atoms with Crippen molar-refractivity contribution < 1.29 is 14.7 Å². The predicted octanol–water partition coefficient (Wildman–Crippen LogP) is -1.97. The topological polar surface area (TPSA) is 120 Å². The van der Waals surface area contributed by atoms with E-state index in [0.717, 1.165) is 0 Å². The summed E-state index contributed by atoms with van der Waals surface area (Å²) in [6.07, 6.45) is -0.573. The number of carbonyl (C=O) groups is 2. The standard InChI is InChI=1S/C4H7NO3.H3N/c5-2-3(6)1-4(7)8;/h1-2,5H2,(H,7,8);1H3. The summed E-state index contributed by atoms with van der Waals surface area (Å²) in [6.45, 7) is -0.228. The number of nitrogens with two attached hydrogens (primary N) is 1. The van der Waals surface area contributed by atoms with E-state index in [1.165, 1.54) is 0 Å². The van der Waals surface area contributed by atoms with Gasteiger partial charge in [0, 0.05) is 12.4 Å². The molecule has 0 bridgehead atoms.